The van der Waals surface area contributed by atoms with Crippen LogP contribution in [-0.4, -0.2) is 5.78 Å². The lowest BCUT2D eigenvalue weighted by Gasteiger charge is -2.06. The Balaban J connectivity index is 2.22. The van der Waals surface area contributed by atoms with Gasteiger partial charge in [-0.2, -0.15) is 0 Å². The van der Waals surface area contributed by atoms with Gasteiger partial charge in [0.1, 0.15) is 0 Å². The van der Waals surface area contributed by atoms with E-state index in [2.05, 4.69) is 4.94 Å². The zero-order chi connectivity index (χ0) is 12.8. The second kappa shape index (κ2) is 5.96. The lowest BCUT2D eigenvalue weighted by atomic mass is 10.0. The van der Waals surface area contributed by atoms with E-state index in [1.165, 1.54) is 6.08 Å². The number of carbonyl (C=O) groups excluding carboxylic acids is 1. The molecule has 0 atom stereocenters. The van der Waals surface area contributed by atoms with Crippen molar-refractivity contribution in [1.29, 1.82) is 0 Å². The number of ketones is 1. The van der Waals surface area contributed by atoms with E-state index in [9.17, 15) is 9.32 Å². The highest BCUT2D eigenvalue weighted by Gasteiger charge is 2.11. The molecule has 0 aliphatic heterocycles. The molecule has 1 aromatic rings. The Hall–Kier alpha value is -2.16. The molecule has 3 heteroatoms. The highest BCUT2D eigenvalue weighted by atomic mass is 19.3. The summed E-state index contributed by atoms with van der Waals surface area (Å²) in [6.45, 7) is 0. The van der Waals surface area contributed by atoms with Gasteiger partial charge in [-0.3, -0.25) is 9.74 Å². The molecular weight excluding hydrogens is 231 g/mol. The summed E-state index contributed by atoms with van der Waals surface area (Å²) < 4.78 is 12.5. The molecule has 1 aliphatic rings. The van der Waals surface area contributed by atoms with E-state index in [0.717, 1.165) is 12.8 Å². The normalized spacial score (nSPS) is 15.2. The number of carbonyl (C=O) groups is 1. The van der Waals surface area contributed by atoms with Crippen molar-refractivity contribution >= 4 is 5.78 Å². The van der Waals surface area contributed by atoms with E-state index in [0.29, 0.717) is 11.1 Å². The van der Waals surface area contributed by atoms with Crippen LogP contribution in [0, 0.1) is 0 Å². The molecule has 0 saturated carbocycles. The smallest absolute Gasteiger partial charge is 0.189 e. The van der Waals surface area contributed by atoms with Gasteiger partial charge < -0.3 is 0 Å². The summed E-state index contributed by atoms with van der Waals surface area (Å²) in [6, 6.07) is 8.70. The van der Waals surface area contributed by atoms with Gasteiger partial charge in [0.2, 0.25) is 0 Å². The Morgan fingerprint density at radius 2 is 2.00 bits per heavy atom. The van der Waals surface area contributed by atoms with Crippen LogP contribution in [0.1, 0.15) is 23.2 Å². The lowest BCUT2D eigenvalue weighted by molar-refractivity contribution is -0.0781. The second-order valence-corrected chi connectivity index (χ2v) is 3.96. The van der Waals surface area contributed by atoms with Crippen molar-refractivity contribution in [3.05, 3.63) is 71.5 Å². The fourth-order valence-electron chi connectivity index (χ4n) is 1.75. The molecule has 1 aromatic carbocycles. The average molecular weight is 244 g/mol. The summed E-state index contributed by atoms with van der Waals surface area (Å²) in [7, 11) is 0. The first-order valence-corrected chi connectivity index (χ1v) is 5.78. The first kappa shape index (κ1) is 12.3. The monoisotopic (exact) mass is 244 g/mol. The lowest BCUT2D eigenvalue weighted by Crippen LogP contribution is -1.99. The fraction of sp³-hybridized carbons (Fsp3) is 0.133. The summed E-state index contributed by atoms with van der Waals surface area (Å²) >= 11 is 0. The van der Waals surface area contributed by atoms with Crippen molar-refractivity contribution in [3.8, 4) is 0 Å². The SMILES string of the molecule is O=C(/C=C(\OF)C1=CCCC=C1)c1ccccc1. The minimum absolute atomic E-state index is 0.0418. The van der Waals surface area contributed by atoms with Gasteiger partial charge in [0.05, 0.1) is 0 Å². The zero-order valence-electron chi connectivity index (χ0n) is 9.80. The number of allylic oxidation sites excluding steroid dienone is 4. The van der Waals surface area contributed by atoms with Crippen molar-refractivity contribution in [2.75, 3.05) is 0 Å². The standard InChI is InChI=1S/C15H13FO2/c16-18-15(13-9-5-2-6-10-13)11-14(17)12-7-3-1-4-8-12/h1,3-5,7-11H,2,6H2/b15-11-. The largest absolute Gasteiger partial charge is 0.294 e. The van der Waals surface area contributed by atoms with E-state index >= 15 is 0 Å². The quantitative estimate of drug-likeness (QED) is 0.455. The third kappa shape index (κ3) is 2.94. The maximum atomic E-state index is 12.5. The minimum Gasteiger partial charge on any atom is -0.294 e. The van der Waals surface area contributed by atoms with Crippen LogP contribution in [0.15, 0.2) is 66.0 Å². The van der Waals surface area contributed by atoms with Crippen molar-refractivity contribution < 1.29 is 14.3 Å². The van der Waals surface area contributed by atoms with Crippen molar-refractivity contribution in [1.82, 2.24) is 0 Å². The first-order chi connectivity index (χ1) is 8.81. The third-order valence-electron chi connectivity index (χ3n) is 2.68. The van der Waals surface area contributed by atoms with Gasteiger partial charge in [0, 0.05) is 21.7 Å². The van der Waals surface area contributed by atoms with Crippen LogP contribution in [0.4, 0.5) is 4.53 Å². The topological polar surface area (TPSA) is 26.3 Å². The van der Waals surface area contributed by atoms with Gasteiger partial charge in [-0.25, -0.2) is 0 Å². The molecule has 0 heterocycles. The van der Waals surface area contributed by atoms with Crippen LogP contribution in [0.25, 0.3) is 0 Å². The van der Waals surface area contributed by atoms with Crippen LogP contribution in [0.3, 0.4) is 0 Å². The highest BCUT2D eigenvalue weighted by molar-refractivity contribution is 6.05. The van der Waals surface area contributed by atoms with E-state index in [1.807, 2.05) is 18.2 Å². The minimum atomic E-state index is -0.275. The van der Waals surface area contributed by atoms with Crippen LogP contribution < -0.4 is 0 Å². The van der Waals surface area contributed by atoms with Crippen molar-refractivity contribution in [3.63, 3.8) is 0 Å². The van der Waals surface area contributed by atoms with E-state index in [1.54, 1.807) is 30.3 Å². The third-order valence-corrected chi connectivity index (χ3v) is 2.68. The molecule has 0 aromatic heterocycles. The van der Waals surface area contributed by atoms with Crippen LogP contribution in [0.2, 0.25) is 0 Å². The maximum absolute atomic E-state index is 12.5. The van der Waals surface area contributed by atoms with E-state index in [4.69, 9.17) is 0 Å². The summed E-state index contributed by atoms with van der Waals surface area (Å²) in [4.78, 5) is 15.7. The number of hydrogen-bond donors (Lipinski definition) is 0. The molecule has 18 heavy (non-hydrogen) atoms. The molecule has 92 valence electrons. The Labute approximate surface area is 105 Å². The fourth-order valence-corrected chi connectivity index (χ4v) is 1.75. The second-order valence-electron chi connectivity index (χ2n) is 3.96. The molecule has 2 nitrogen and oxygen atoms in total. The van der Waals surface area contributed by atoms with Gasteiger partial charge >= 0.3 is 0 Å². The zero-order valence-corrected chi connectivity index (χ0v) is 9.80. The van der Waals surface area contributed by atoms with Gasteiger partial charge in [-0.1, -0.05) is 48.6 Å². The Kier molecular flexibility index (Phi) is 4.07. The molecule has 0 fully saturated rings. The van der Waals surface area contributed by atoms with Crippen LogP contribution >= 0.6 is 0 Å². The predicted molar refractivity (Wildman–Crippen MR) is 67.5 cm³/mol. The molecular formula is C15H13FO2. The molecule has 2 rings (SSSR count). The molecule has 0 amide bonds. The molecule has 0 bridgehead atoms. The van der Waals surface area contributed by atoms with E-state index < -0.39 is 0 Å². The first-order valence-electron chi connectivity index (χ1n) is 5.78. The molecule has 0 N–H and O–H groups in total. The number of halogens is 1. The predicted octanol–water partition coefficient (Wildman–Crippen LogP) is 3.93. The van der Waals surface area contributed by atoms with Gasteiger partial charge in [-0.05, 0) is 12.8 Å². The molecule has 0 radical (unpaired) electrons. The summed E-state index contributed by atoms with van der Waals surface area (Å²) in [5.74, 6) is -0.317. The maximum Gasteiger partial charge on any atom is 0.189 e. The van der Waals surface area contributed by atoms with Crippen LogP contribution in [0.5, 0.6) is 0 Å². The average Bonchev–Trinajstić information content (AvgIpc) is 2.46. The summed E-state index contributed by atoms with van der Waals surface area (Å²) in [5.41, 5.74) is 1.11. The van der Waals surface area contributed by atoms with Crippen molar-refractivity contribution in [2.45, 2.75) is 12.8 Å². The summed E-state index contributed by atoms with van der Waals surface area (Å²) in [5, 5.41) is 0. The van der Waals surface area contributed by atoms with Crippen LogP contribution in [-0.2, 0) is 4.94 Å². The Morgan fingerprint density at radius 3 is 2.61 bits per heavy atom. The van der Waals surface area contributed by atoms with Gasteiger partial charge in [0.15, 0.2) is 11.5 Å². The Morgan fingerprint density at radius 1 is 1.22 bits per heavy atom. The molecule has 0 saturated heterocycles. The number of hydrogen-bond acceptors (Lipinski definition) is 2. The van der Waals surface area contributed by atoms with Crippen molar-refractivity contribution in [2.24, 2.45) is 0 Å². The number of benzene rings is 1. The summed E-state index contributed by atoms with van der Waals surface area (Å²) in [6.07, 6.45) is 8.46. The Bertz CT molecular complexity index is 513. The molecule has 0 spiro atoms. The number of rotatable bonds is 4. The molecule has 1 aliphatic carbocycles. The highest BCUT2D eigenvalue weighted by Crippen LogP contribution is 2.20. The van der Waals surface area contributed by atoms with Gasteiger partial charge in [-0.15, -0.1) is 0 Å². The van der Waals surface area contributed by atoms with Gasteiger partial charge in [0.25, 0.3) is 0 Å². The molecule has 0 unspecified atom stereocenters. The van der Waals surface area contributed by atoms with E-state index in [-0.39, 0.29) is 11.5 Å².